The number of methoxy groups -OCH3 is 3. The quantitative estimate of drug-likeness (QED) is 0.116. The lowest BCUT2D eigenvalue weighted by atomic mass is 9.74. The highest BCUT2D eigenvalue weighted by atomic mass is 16.7. The molecule has 2 aromatic carbocycles. The topological polar surface area (TPSA) is 116 Å². The number of benzene rings is 2. The maximum atomic E-state index is 12.7. The van der Waals surface area contributed by atoms with Gasteiger partial charge in [0.15, 0.2) is 6.10 Å². The number of hydrogen-bond acceptors (Lipinski definition) is 10. The van der Waals surface area contributed by atoms with Gasteiger partial charge in [0.25, 0.3) is 0 Å². The number of carbonyl (C=O) groups excluding carboxylic acids is 3. The number of rotatable bonds is 17. The summed E-state index contributed by atoms with van der Waals surface area (Å²) in [4.78, 5) is 36.7. The predicted molar refractivity (Wildman–Crippen MR) is 175 cm³/mol. The van der Waals surface area contributed by atoms with Gasteiger partial charge in [-0.15, -0.1) is 0 Å². The smallest absolute Gasteiger partial charge is 0.330 e. The Morgan fingerprint density at radius 2 is 1.66 bits per heavy atom. The Morgan fingerprint density at radius 1 is 1.00 bits per heavy atom. The summed E-state index contributed by atoms with van der Waals surface area (Å²) < 4.78 is 41.9. The third kappa shape index (κ3) is 10.1. The van der Waals surface area contributed by atoms with Gasteiger partial charge >= 0.3 is 11.9 Å². The number of allylic oxidation sites excluding steroid dienone is 1. The normalized spacial score (nSPS) is 22.1. The maximum absolute atomic E-state index is 12.7. The Kier molecular flexibility index (Phi) is 14.3. The van der Waals surface area contributed by atoms with Crippen molar-refractivity contribution in [2.24, 2.45) is 5.41 Å². The van der Waals surface area contributed by atoms with Crippen LogP contribution in [-0.2, 0) is 56.0 Å². The van der Waals surface area contributed by atoms with Gasteiger partial charge in [0.2, 0.25) is 5.79 Å². The molecule has 47 heavy (non-hydrogen) atoms. The van der Waals surface area contributed by atoms with E-state index in [1.54, 1.807) is 20.1 Å². The molecule has 1 aliphatic heterocycles. The van der Waals surface area contributed by atoms with Crippen LogP contribution < -0.4 is 4.74 Å². The van der Waals surface area contributed by atoms with Crippen LogP contribution in [0.25, 0.3) is 0 Å². The maximum Gasteiger partial charge on any atom is 0.330 e. The van der Waals surface area contributed by atoms with E-state index >= 15 is 0 Å². The average Bonchev–Trinajstić information content (AvgIpc) is 3.09. The number of aldehydes is 1. The molecule has 1 saturated heterocycles. The van der Waals surface area contributed by atoms with Crippen LogP contribution in [0.15, 0.2) is 78.4 Å². The van der Waals surface area contributed by atoms with E-state index in [1.807, 2.05) is 75.4 Å². The van der Waals surface area contributed by atoms with Gasteiger partial charge in [0, 0.05) is 31.4 Å². The van der Waals surface area contributed by atoms with Crippen LogP contribution in [0, 0.1) is 5.41 Å². The third-order valence-electron chi connectivity index (χ3n) is 8.32. The fourth-order valence-corrected chi connectivity index (χ4v) is 5.60. The molecule has 1 unspecified atom stereocenters. The SMILES string of the molecule is CCC(=O)O[C@H]1C(=CC(=O)OC)CC(C[C@@H](OCc2ccc(OC)cc2)[C@@H](C)OCc2ccccc2)O[C@@]1(OC)C(C)(C)C=CC=O. The van der Waals surface area contributed by atoms with Crippen molar-refractivity contribution in [1.29, 1.82) is 0 Å². The highest BCUT2D eigenvalue weighted by molar-refractivity contribution is 5.83. The number of hydrogen-bond donors (Lipinski definition) is 0. The molecule has 2 aromatic rings. The first-order valence-corrected chi connectivity index (χ1v) is 15.8. The Balaban J connectivity index is 2.01. The summed E-state index contributed by atoms with van der Waals surface area (Å²) in [7, 11) is 4.34. The summed E-state index contributed by atoms with van der Waals surface area (Å²) in [6.07, 6.45) is 3.03. The highest BCUT2D eigenvalue weighted by Crippen LogP contribution is 2.48. The molecular formula is C37H48O10. The van der Waals surface area contributed by atoms with E-state index in [9.17, 15) is 14.4 Å². The van der Waals surface area contributed by atoms with Crippen molar-refractivity contribution < 1.29 is 47.5 Å². The third-order valence-corrected chi connectivity index (χ3v) is 8.32. The van der Waals surface area contributed by atoms with Gasteiger partial charge in [-0.3, -0.25) is 9.59 Å². The lowest BCUT2D eigenvalue weighted by Crippen LogP contribution is -2.63. The zero-order valence-electron chi connectivity index (χ0n) is 28.4. The van der Waals surface area contributed by atoms with Crippen LogP contribution in [0.2, 0.25) is 0 Å². The zero-order chi connectivity index (χ0) is 34.5. The van der Waals surface area contributed by atoms with Crippen molar-refractivity contribution >= 4 is 18.2 Å². The monoisotopic (exact) mass is 652 g/mol. The van der Waals surface area contributed by atoms with E-state index in [4.69, 9.17) is 33.2 Å². The van der Waals surface area contributed by atoms with Crippen LogP contribution in [0.5, 0.6) is 5.75 Å². The molecule has 0 saturated carbocycles. The largest absolute Gasteiger partial charge is 0.497 e. The molecule has 3 rings (SSSR count). The standard InChI is InChI=1S/C37H48O10/c1-8-33(39)46-35-29(22-34(40)42-6)21-31(47-37(35,43-7)36(3,4)19-12-20-38)23-32(26(2)44-24-27-13-10-9-11-14-27)45-25-28-15-17-30(41-5)18-16-28/h9-20,22,26,31-32,35H,8,21,23-25H2,1-7H3/t26-,31?,32-,35+,37-/m1/s1. The number of esters is 2. The highest BCUT2D eigenvalue weighted by Gasteiger charge is 2.59. The van der Waals surface area contributed by atoms with Crippen molar-refractivity contribution in [1.82, 2.24) is 0 Å². The van der Waals surface area contributed by atoms with Crippen LogP contribution in [0.1, 0.15) is 58.1 Å². The lowest BCUT2D eigenvalue weighted by Gasteiger charge is -2.53. The van der Waals surface area contributed by atoms with Crippen molar-refractivity contribution in [2.45, 2.75) is 90.4 Å². The fourth-order valence-electron chi connectivity index (χ4n) is 5.60. The van der Waals surface area contributed by atoms with E-state index in [0.717, 1.165) is 16.9 Å². The zero-order valence-corrected chi connectivity index (χ0v) is 28.4. The molecule has 10 heteroatoms. The molecule has 0 spiro atoms. The molecule has 0 bridgehead atoms. The molecule has 1 aliphatic rings. The van der Waals surface area contributed by atoms with Crippen molar-refractivity contribution in [2.75, 3.05) is 21.3 Å². The van der Waals surface area contributed by atoms with Crippen molar-refractivity contribution in [3.8, 4) is 5.75 Å². The fraction of sp³-hybridized carbons (Fsp3) is 0.486. The summed E-state index contributed by atoms with van der Waals surface area (Å²) in [6, 6.07) is 17.5. The Bertz CT molecular complexity index is 1350. The van der Waals surface area contributed by atoms with Gasteiger partial charge in [-0.1, -0.05) is 69.3 Å². The summed E-state index contributed by atoms with van der Waals surface area (Å²) in [5.74, 6) is -2.01. The van der Waals surface area contributed by atoms with Crippen molar-refractivity contribution in [3.63, 3.8) is 0 Å². The van der Waals surface area contributed by atoms with Gasteiger partial charge in [-0.05, 0) is 48.3 Å². The molecule has 0 aliphatic carbocycles. The van der Waals surface area contributed by atoms with E-state index in [2.05, 4.69) is 0 Å². The van der Waals surface area contributed by atoms with E-state index in [1.165, 1.54) is 26.4 Å². The Morgan fingerprint density at radius 3 is 2.26 bits per heavy atom. The second-order valence-corrected chi connectivity index (χ2v) is 11.9. The molecule has 1 heterocycles. The predicted octanol–water partition coefficient (Wildman–Crippen LogP) is 5.91. The number of ether oxygens (including phenoxy) is 7. The summed E-state index contributed by atoms with van der Waals surface area (Å²) in [5, 5.41) is 0. The van der Waals surface area contributed by atoms with Gasteiger partial charge < -0.3 is 33.2 Å². The molecule has 256 valence electrons. The molecule has 5 atom stereocenters. The molecule has 1 fully saturated rings. The Hall–Kier alpha value is -3.83. The Labute approximate surface area is 278 Å². The first kappa shape index (κ1) is 37.6. The minimum absolute atomic E-state index is 0.0906. The minimum atomic E-state index is -1.63. The van der Waals surface area contributed by atoms with E-state index < -0.39 is 41.5 Å². The van der Waals surface area contributed by atoms with Crippen LogP contribution >= 0.6 is 0 Å². The summed E-state index contributed by atoms with van der Waals surface area (Å²) >= 11 is 0. The van der Waals surface area contributed by atoms with Gasteiger partial charge in [0.1, 0.15) is 12.0 Å². The molecule has 0 amide bonds. The first-order chi connectivity index (χ1) is 22.5. The second-order valence-electron chi connectivity index (χ2n) is 11.9. The van der Waals surface area contributed by atoms with E-state index in [0.29, 0.717) is 31.5 Å². The molecule has 0 aromatic heterocycles. The van der Waals surface area contributed by atoms with Crippen LogP contribution in [0.3, 0.4) is 0 Å². The number of carbonyl (C=O) groups is 3. The van der Waals surface area contributed by atoms with Gasteiger partial charge in [-0.25, -0.2) is 4.79 Å². The molecule has 0 N–H and O–H groups in total. The van der Waals surface area contributed by atoms with Crippen molar-refractivity contribution in [3.05, 3.63) is 89.5 Å². The average molecular weight is 653 g/mol. The molecular weight excluding hydrogens is 604 g/mol. The molecule has 10 nitrogen and oxygen atoms in total. The van der Waals surface area contributed by atoms with Crippen LogP contribution in [0.4, 0.5) is 0 Å². The van der Waals surface area contributed by atoms with Gasteiger partial charge in [0.05, 0.1) is 45.7 Å². The molecule has 0 radical (unpaired) electrons. The van der Waals surface area contributed by atoms with Crippen LogP contribution in [-0.4, -0.2) is 69.8 Å². The lowest BCUT2D eigenvalue weighted by molar-refractivity contribution is -0.339. The first-order valence-electron chi connectivity index (χ1n) is 15.8. The van der Waals surface area contributed by atoms with E-state index in [-0.39, 0.29) is 18.9 Å². The second kappa shape index (κ2) is 17.9. The van der Waals surface area contributed by atoms with Gasteiger partial charge in [-0.2, -0.15) is 0 Å². The minimum Gasteiger partial charge on any atom is -0.497 e. The summed E-state index contributed by atoms with van der Waals surface area (Å²) in [6.45, 7) is 7.91. The summed E-state index contributed by atoms with van der Waals surface area (Å²) in [5.41, 5.74) is 1.40.